The van der Waals surface area contributed by atoms with Gasteiger partial charge < -0.3 is 24.9 Å². The summed E-state index contributed by atoms with van der Waals surface area (Å²) in [5.74, 6) is 1.24. The summed E-state index contributed by atoms with van der Waals surface area (Å²) in [6, 6.07) is 14.2. The SMILES string of the molecule is NCc1ccc(N2CCN(CCCOc3ccc4c(c3)OC=CC4C=O)CC2)cc1. The largest absolute Gasteiger partial charge is 0.493 e. The van der Waals surface area contributed by atoms with Crippen LogP contribution in [-0.2, 0) is 11.3 Å². The molecular formula is C24H29N3O3. The molecule has 1 saturated heterocycles. The van der Waals surface area contributed by atoms with Gasteiger partial charge in [0.05, 0.1) is 18.8 Å². The lowest BCUT2D eigenvalue weighted by molar-refractivity contribution is -0.108. The number of nitrogens with zero attached hydrogens (tertiary/aromatic N) is 2. The molecule has 30 heavy (non-hydrogen) atoms. The first-order chi connectivity index (χ1) is 14.8. The molecule has 2 aliphatic rings. The van der Waals surface area contributed by atoms with E-state index in [4.69, 9.17) is 15.2 Å². The van der Waals surface area contributed by atoms with Crippen molar-refractivity contribution in [2.75, 3.05) is 44.2 Å². The highest BCUT2D eigenvalue weighted by Gasteiger charge is 2.18. The number of hydrogen-bond donors (Lipinski definition) is 1. The number of fused-ring (bicyclic) bond motifs is 1. The maximum absolute atomic E-state index is 11.1. The second-order valence-electron chi connectivity index (χ2n) is 7.71. The van der Waals surface area contributed by atoms with Crippen molar-refractivity contribution < 1.29 is 14.3 Å². The zero-order valence-corrected chi connectivity index (χ0v) is 17.2. The summed E-state index contributed by atoms with van der Waals surface area (Å²) < 4.78 is 11.4. The third kappa shape index (κ3) is 4.83. The van der Waals surface area contributed by atoms with Crippen LogP contribution < -0.4 is 20.1 Å². The van der Waals surface area contributed by atoms with E-state index < -0.39 is 0 Å². The maximum Gasteiger partial charge on any atom is 0.134 e. The highest BCUT2D eigenvalue weighted by molar-refractivity contribution is 5.69. The highest BCUT2D eigenvalue weighted by Crippen LogP contribution is 2.33. The Morgan fingerprint density at radius 2 is 1.90 bits per heavy atom. The molecule has 0 spiro atoms. The molecule has 1 atom stereocenters. The van der Waals surface area contributed by atoms with Gasteiger partial charge in [-0.05, 0) is 36.3 Å². The molecule has 2 aromatic rings. The Bertz CT molecular complexity index is 874. The number of aldehydes is 1. The molecule has 0 saturated carbocycles. The number of benzene rings is 2. The third-order valence-electron chi connectivity index (χ3n) is 5.77. The van der Waals surface area contributed by atoms with Crippen molar-refractivity contribution in [2.24, 2.45) is 5.73 Å². The Labute approximate surface area is 177 Å². The minimum atomic E-state index is -0.236. The van der Waals surface area contributed by atoms with Crippen molar-refractivity contribution in [1.29, 1.82) is 0 Å². The summed E-state index contributed by atoms with van der Waals surface area (Å²) in [6.07, 6.45) is 5.22. The fraction of sp³-hybridized carbons (Fsp3) is 0.375. The Morgan fingerprint density at radius 1 is 1.10 bits per heavy atom. The van der Waals surface area contributed by atoms with Gasteiger partial charge in [0.25, 0.3) is 0 Å². The van der Waals surface area contributed by atoms with Crippen molar-refractivity contribution in [3.63, 3.8) is 0 Å². The van der Waals surface area contributed by atoms with Gasteiger partial charge >= 0.3 is 0 Å². The lowest BCUT2D eigenvalue weighted by Crippen LogP contribution is -2.46. The molecule has 0 radical (unpaired) electrons. The van der Waals surface area contributed by atoms with Gasteiger partial charge in [0.1, 0.15) is 17.8 Å². The molecule has 6 heteroatoms. The molecule has 0 aliphatic carbocycles. The van der Waals surface area contributed by atoms with Crippen LogP contribution in [0.15, 0.2) is 54.8 Å². The summed E-state index contributed by atoms with van der Waals surface area (Å²) in [7, 11) is 0. The van der Waals surface area contributed by atoms with Gasteiger partial charge in [-0.25, -0.2) is 0 Å². The lowest BCUT2D eigenvalue weighted by atomic mass is 9.98. The minimum Gasteiger partial charge on any atom is -0.493 e. The molecule has 0 bridgehead atoms. The molecule has 2 N–H and O–H groups in total. The topological polar surface area (TPSA) is 68.0 Å². The molecule has 6 nitrogen and oxygen atoms in total. The van der Waals surface area contributed by atoms with Crippen LogP contribution in [0.2, 0.25) is 0 Å². The molecule has 0 amide bonds. The fourth-order valence-corrected chi connectivity index (χ4v) is 3.95. The predicted octanol–water partition coefficient (Wildman–Crippen LogP) is 2.93. The number of piperazine rings is 1. The van der Waals surface area contributed by atoms with E-state index in [1.807, 2.05) is 18.2 Å². The molecule has 2 heterocycles. The molecular weight excluding hydrogens is 378 g/mol. The predicted molar refractivity (Wildman–Crippen MR) is 118 cm³/mol. The minimum absolute atomic E-state index is 0.236. The van der Waals surface area contributed by atoms with E-state index in [0.29, 0.717) is 18.9 Å². The maximum atomic E-state index is 11.1. The van der Waals surface area contributed by atoms with Crippen LogP contribution in [0.1, 0.15) is 23.5 Å². The molecule has 2 aromatic carbocycles. The summed E-state index contributed by atoms with van der Waals surface area (Å²) in [6.45, 7) is 6.47. The van der Waals surface area contributed by atoms with Gasteiger partial charge in [-0.2, -0.15) is 0 Å². The van der Waals surface area contributed by atoms with Gasteiger partial charge in [-0.1, -0.05) is 18.2 Å². The van der Waals surface area contributed by atoms with Crippen molar-refractivity contribution in [3.8, 4) is 11.5 Å². The van der Waals surface area contributed by atoms with Crippen molar-refractivity contribution in [1.82, 2.24) is 4.90 Å². The van der Waals surface area contributed by atoms with E-state index in [1.165, 1.54) is 11.3 Å². The zero-order chi connectivity index (χ0) is 20.8. The standard InChI is InChI=1S/C24H29N3O3/c25-17-19-2-4-21(5-3-19)27-12-10-26(11-13-27)9-1-14-29-22-6-7-23-20(18-28)8-15-30-24(23)16-22/h2-8,15-16,18,20H,1,9-14,17,25H2. The average Bonchev–Trinajstić information content (AvgIpc) is 2.81. The van der Waals surface area contributed by atoms with Crippen molar-refractivity contribution >= 4 is 12.0 Å². The van der Waals surface area contributed by atoms with E-state index >= 15 is 0 Å². The summed E-state index contributed by atoms with van der Waals surface area (Å²) >= 11 is 0. The Morgan fingerprint density at radius 3 is 2.63 bits per heavy atom. The Kier molecular flexibility index (Phi) is 6.67. The van der Waals surface area contributed by atoms with Gasteiger partial charge in [-0.15, -0.1) is 0 Å². The van der Waals surface area contributed by atoms with Crippen LogP contribution in [0.25, 0.3) is 0 Å². The number of carbonyl (C=O) groups excluding carboxylic acids is 1. The quantitative estimate of drug-likeness (QED) is 0.536. The van der Waals surface area contributed by atoms with Gasteiger partial charge in [0.2, 0.25) is 0 Å². The monoisotopic (exact) mass is 407 g/mol. The Hall–Kier alpha value is -2.83. The van der Waals surface area contributed by atoms with Crippen molar-refractivity contribution in [3.05, 3.63) is 65.9 Å². The second-order valence-corrected chi connectivity index (χ2v) is 7.71. The van der Waals surface area contributed by atoms with Gasteiger partial charge in [0.15, 0.2) is 0 Å². The lowest BCUT2D eigenvalue weighted by Gasteiger charge is -2.36. The smallest absolute Gasteiger partial charge is 0.134 e. The number of allylic oxidation sites excluding steroid dienone is 1. The van der Waals surface area contributed by atoms with Crippen LogP contribution in [-0.4, -0.2) is 50.5 Å². The average molecular weight is 408 g/mol. The molecule has 2 aliphatic heterocycles. The van der Waals surface area contributed by atoms with Crippen LogP contribution >= 0.6 is 0 Å². The number of nitrogens with two attached hydrogens (primary N) is 1. The van der Waals surface area contributed by atoms with Crippen LogP contribution in [0.4, 0.5) is 5.69 Å². The molecule has 4 rings (SSSR count). The number of anilines is 1. The van der Waals surface area contributed by atoms with E-state index in [9.17, 15) is 4.79 Å². The van der Waals surface area contributed by atoms with Crippen LogP contribution in [0, 0.1) is 0 Å². The highest BCUT2D eigenvalue weighted by atomic mass is 16.5. The molecule has 0 aromatic heterocycles. The second kappa shape index (κ2) is 9.78. The first-order valence-electron chi connectivity index (χ1n) is 10.6. The summed E-state index contributed by atoms with van der Waals surface area (Å²) in [5, 5.41) is 0. The van der Waals surface area contributed by atoms with E-state index in [-0.39, 0.29) is 5.92 Å². The number of rotatable bonds is 8. The zero-order valence-electron chi connectivity index (χ0n) is 17.2. The molecule has 158 valence electrons. The number of ether oxygens (including phenoxy) is 2. The normalized spacial score (nSPS) is 18.6. The molecule has 1 fully saturated rings. The number of carbonyl (C=O) groups is 1. The third-order valence-corrected chi connectivity index (χ3v) is 5.77. The van der Waals surface area contributed by atoms with Crippen LogP contribution in [0.3, 0.4) is 0 Å². The first-order valence-corrected chi connectivity index (χ1v) is 10.6. The van der Waals surface area contributed by atoms with E-state index in [0.717, 1.165) is 56.7 Å². The van der Waals surface area contributed by atoms with E-state index in [2.05, 4.69) is 34.1 Å². The van der Waals surface area contributed by atoms with Gasteiger partial charge in [0, 0.05) is 56.6 Å². The first kappa shape index (κ1) is 20.4. The number of hydrogen-bond acceptors (Lipinski definition) is 6. The van der Waals surface area contributed by atoms with E-state index in [1.54, 1.807) is 12.3 Å². The van der Waals surface area contributed by atoms with Crippen LogP contribution in [0.5, 0.6) is 11.5 Å². The summed E-state index contributed by atoms with van der Waals surface area (Å²) in [5.41, 5.74) is 9.01. The molecule has 1 unspecified atom stereocenters. The van der Waals surface area contributed by atoms with Crippen molar-refractivity contribution in [2.45, 2.75) is 18.9 Å². The van der Waals surface area contributed by atoms with Gasteiger partial charge in [-0.3, -0.25) is 4.90 Å². The fourth-order valence-electron chi connectivity index (χ4n) is 3.95. The Balaban J connectivity index is 1.18. The summed E-state index contributed by atoms with van der Waals surface area (Å²) in [4.78, 5) is 16.1.